The van der Waals surface area contributed by atoms with Gasteiger partial charge < -0.3 is 5.11 Å². The average molecular weight is 282 g/mol. The number of pyridine rings is 1. The standard InChI is InChI=1S/C17H12ClNO/c18-16-7-2-1-6-15(16)13-8-9-17(19-11-13)12-4-3-5-14(20)10-12/h1-11,20H. The third kappa shape index (κ3) is 2.51. The lowest BCUT2D eigenvalue weighted by atomic mass is 10.1. The number of benzene rings is 2. The highest BCUT2D eigenvalue weighted by Gasteiger charge is 2.04. The van der Waals surface area contributed by atoms with Crippen molar-refractivity contribution in [3.8, 4) is 28.1 Å². The number of hydrogen-bond donors (Lipinski definition) is 1. The van der Waals surface area contributed by atoms with E-state index in [1.807, 2.05) is 42.5 Å². The largest absolute Gasteiger partial charge is 0.508 e. The molecule has 1 heterocycles. The lowest BCUT2D eigenvalue weighted by Gasteiger charge is -2.06. The van der Waals surface area contributed by atoms with Crippen molar-refractivity contribution in [1.82, 2.24) is 4.98 Å². The fraction of sp³-hybridized carbons (Fsp3) is 0. The number of hydrogen-bond acceptors (Lipinski definition) is 2. The number of phenols is 1. The van der Waals surface area contributed by atoms with Gasteiger partial charge in [-0.05, 0) is 24.3 Å². The van der Waals surface area contributed by atoms with Crippen molar-refractivity contribution in [2.24, 2.45) is 0 Å². The molecule has 0 spiro atoms. The maximum absolute atomic E-state index is 9.50. The van der Waals surface area contributed by atoms with Crippen LogP contribution in [0, 0.1) is 0 Å². The quantitative estimate of drug-likeness (QED) is 0.733. The molecule has 0 aliphatic rings. The van der Waals surface area contributed by atoms with E-state index in [2.05, 4.69) is 4.98 Å². The predicted molar refractivity (Wildman–Crippen MR) is 81.8 cm³/mol. The van der Waals surface area contributed by atoms with E-state index in [1.165, 1.54) is 0 Å². The molecule has 0 aliphatic carbocycles. The zero-order valence-corrected chi connectivity index (χ0v) is 11.4. The summed E-state index contributed by atoms with van der Waals surface area (Å²) in [6, 6.07) is 18.6. The Bertz CT molecular complexity index is 738. The van der Waals surface area contributed by atoms with Gasteiger partial charge in [0, 0.05) is 27.9 Å². The molecular formula is C17H12ClNO. The third-order valence-corrected chi connectivity index (χ3v) is 3.42. The first-order valence-electron chi connectivity index (χ1n) is 6.24. The smallest absolute Gasteiger partial charge is 0.116 e. The number of nitrogens with zero attached hydrogens (tertiary/aromatic N) is 1. The fourth-order valence-corrected chi connectivity index (χ4v) is 2.33. The van der Waals surface area contributed by atoms with Crippen LogP contribution >= 0.6 is 11.6 Å². The van der Waals surface area contributed by atoms with Gasteiger partial charge in [0.1, 0.15) is 5.75 Å². The molecule has 0 radical (unpaired) electrons. The second-order valence-electron chi connectivity index (χ2n) is 4.46. The summed E-state index contributed by atoms with van der Waals surface area (Å²) in [5.41, 5.74) is 3.64. The van der Waals surface area contributed by atoms with E-state index >= 15 is 0 Å². The minimum absolute atomic E-state index is 0.236. The Morgan fingerprint density at radius 3 is 2.40 bits per heavy atom. The van der Waals surface area contributed by atoms with Gasteiger partial charge in [-0.15, -0.1) is 0 Å². The minimum Gasteiger partial charge on any atom is -0.508 e. The Morgan fingerprint density at radius 1 is 0.850 bits per heavy atom. The molecule has 1 N–H and O–H groups in total. The summed E-state index contributed by atoms with van der Waals surface area (Å²) in [5.74, 6) is 0.236. The molecule has 2 nitrogen and oxygen atoms in total. The van der Waals surface area contributed by atoms with Crippen molar-refractivity contribution in [3.63, 3.8) is 0 Å². The molecular weight excluding hydrogens is 270 g/mol. The van der Waals surface area contributed by atoms with Crippen LogP contribution in [0.4, 0.5) is 0 Å². The van der Waals surface area contributed by atoms with Crippen molar-refractivity contribution in [3.05, 3.63) is 71.9 Å². The summed E-state index contributed by atoms with van der Waals surface area (Å²) in [6.45, 7) is 0. The van der Waals surface area contributed by atoms with E-state index in [0.717, 1.165) is 22.4 Å². The summed E-state index contributed by atoms with van der Waals surface area (Å²) in [5, 5.41) is 10.2. The van der Waals surface area contributed by atoms with Crippen molar-refractivity contribution < 1.29 is 5.11 Å². The molecule has 20 heavy (non-hydrogen) atoms. The number of aromatic hydroxyl groups is 1. The van der Waals surface area contributed by atoms with Crippen LogP contribution in [0.25, 0.3) is 22.4 Å². The first kappa shape index (κ1) is 12.7. The van der Waals surface area contributed by atoms with Crippen molar-refractivity contribution >= 4 is 11.6 Å². The monoisotopic (exact) mass is 281 g/mol. The lowest BCUT2D eigenvalue weighted by Crippen LogP contribution is -1.85. The normalized spacial score (nSPS) is 10.4. The van der Waals surface area contributed by atoms with E-state index in [0.29, 0.717) is 5.02 Å². The Kier molecular flexibility index (Phi) is 3.40. The van der Waals surface area contributed by atoms with Crippen LogP contribution in [0.1, 0.15) is 0 Å². The molecule has 0 unspecified atom stereocenters. The average Bonchev–Trinajstić information content (AvgIpc) is 2.48. The van der Waals surface area contributed by atoms with Crippen molar-refractivity contribution in [2.45, 2.75) is 0 Å². The van der Waals surface area contributed by atoms with E-state index in [1.54, 1.807) is 24.4 Å². The maximum Gasteiger partial charge on any atom is 0.116 e. The summed E-state index contributed by atoms with van der Waals surface area (Å²) in [6.07, 6.45) is 1.79. The number of phenolic OH excluding ortho intramolecular Hbond substituents is 1. The van der Waals surface area contributed by atoms with Gasteiger partial charge >= 0.3 is 0 Å². The molecule has 0 fully saturated rings. The molecule has 1 aromatic heterocycles. The summed E-state index contributed by atoms with van der Waals surface area (Å²) >= 11 is 6.18. The first-order valence-corrected chi connectivity index (χ1v) is 6.62. The molecule has 2 aromatic carbocycles. The molecule has 0 saturated heterocycles. The second kappa shape index (κ2) is 5.35. The number of halogens is 1. The molecule has 0 bridgehead atoms. The van der Waals surface area contributed by atoms with Gasteiger partial charge in [0.05, 0.1) is 5.69 Å². The molecule has 3 rings (SSSR count). The molecule has 98 valence electrons. The Hall–Kier alpha value is -2.32. The summed E-state index contributed by atoms with van der Waals surface area (Å²) in [7, 11) is 0. The minimum atomic E-state index is 0.236. The van der Waals surface area contributed by atoms with Gasteiger partial charge in [0.15, 0.2) is 0 Å². The fourth-order valence-electron chi connectivity index (χ4n) is 2.08. The second-order valence-corrected chi connectivity index (χ2v) is 4.87. The lowest BCUT2D eigenvalue weighted by molar-refractivity contribution is 0.475. The van der Waals surface area contributed by atoms with Crippen LogP contribution in [0.2, 0.25) is 5.02 Å². The zero-order chi connectivity index (χ0) is 13.9. The van der Waals surface area contributed by atoms with Crippen LogP contribution in [0.3, 0.4) is 0 Å². The summed E-state index contributed by atoms with van der Waals surface area (Å²) in [4.78, 5) is 4.44. The Balaban J connectivity index is 1.98. The van der Waals surface area contributed by atoms with Gasteiger partial charge in [-0.2, -0.15) is 0 Å². The van der Waals surface area contributed by atoms with Crippen molar-refractivity contribution in [2.75, 3.05) is 0 Å². The topological polar surface area (TPSA) is 33.1 Å². The Labute approximate surface area is 122 Å². The van der Waals surface area contributed by atoms with Crippen molar-refractivity contribution in [1.29, 1.82) is 0 Å². The van der Waals surface area contributed by atoms with E-state index in [-0.39, 0.29) is 5.75 Å². The van der Waals surface area contributed by atoms with E-state index in [9.17, 15) is 5.11 Å². The first-order chi connectivity index (χ1) is 9.74. The molecule has 0 saturated carbocycles. The van der Waals surface area contributed by atoms with Crippen LogP contribution in [0.15, 0.2) is 66.9 Å². The molecule has 0 atom stereocenters. The van der Waals surface area contributed by atoms with Crippen LogP contribution in [-0.4, -0.2) is 10.1 Å². The highest BCUT2D eigenvalue weighted by molar-refractivity contribution is 6.33. The number of rotatable bonds is 2. The molecule has 0 aliphatic heterocycles. The zero-order valence-electron chi connectivity index (χ0n) is 10.6. The third-order valence-electron chi connectivity index (χ3n) is 3.09. The van der Waals surface area contributed by atoms with E-state index in [4.69, 9.17) is 11.6 Å². The van der Waals surface area contributed by atoms with Crippen LogP contribution in [0.5, 0.6) is 5.75 Å². The van der Waals surface area contributed by atoms with Gasteiger partial charge in [-0.25, -0.2) is 0 Å². The SMILES string of the molecule is Oc1cccc(-c2ccc(-c3ccccc3Cl)cn2)c1. The van der Waals surface area contributed by atoms with Gasteiger partial charge in [0.25, 0.3) is 0 Å². The maximum atomic E-state index is 9.50. The highest BCUT2D eigenvalue weighted by Crippen LogP contribution is 2.28. The van der Waals surface area contributed by atoms with Gasteiger partial charge in [-0.3, -0.25) is 4.98 Å². The highest BCUT2D eigenvalue weighted by atomic mass is 35.5. The molecule has 3 aromatic rings. The van der Waals surface area contributed by atoms with Gasteiger partial charge in [-0.1, -0.05) is 48.0 Å². The Morgan fingerprint density at radius 2 is 1.70 bits per heavy atom. The van der Waals surface area contributed by atoms with E-state index < -0.39 is 0 Å². The van der Waals surface area contributed by atoms with Crippen LogP contribution < -0.4 is 0 Å². The predicted octanol–water partition coefficient (Wildman–Crippen LogP) is 4.77. The van der Waals surface area contributed by atoms with Crippen LogP contribution in [-0.2, 0) is 0 Å². The molecule has 3 heteroatoms. The summed E-state index contributed by atoms with van der Waals surface area (Å²) < 4.78 is 0. The molecule has 0 amide bonds. The number of aromatic nitrogens is 1. The van der Waals surface area contributed by atoms with Gasteiger partial charge in [0.2, 0.25) is 0 Å².